The number of fused-ring (bicyclic) bond motifs is 1. The zero-order chi connectivity index (χ0) is 10.8. The Morgan fingerprint density at radius 1 is 1.67 bits per heavy atom. The van der Waals surface area contributed by atoms with Gasteiger partial charge in [-0.05, 0) is 12.1 Å². The van der Waals surface area contributed by atoms with Gasteiger partial charge in [0.25, 0.3) is 0 Å². The third-order valence-electron chi connectivity index (χ3n) is 2.11. The number of rotatable bonds is 2. The minimum atomic E-state index is -2.27. The average molecular weight is 243 g/mol. The predicted molar refractivity (Wildman–Crippen MR) is 62.8 cm³/mol. The molecular weight excluding hydrogens is 232 g/mol. The number of benzene rings is 1. The highest BCUT2D eigenvalue weighted by atomic mass is 32.2. The smallest absolute Gasteiger partial charge is 0.0609 e. The van der Waals surface area contributed by atoms with Gasteiger partial charge in [0.05, 0.1) is 10.6 Å². The summed E-state index contributed by atoms with van der Waals surface area (Å²) in [6.07, 6.45) is 0. The van der Waals surface area contributed by atoms with E-state index in [9.17, 15) is 8.76 Å². The van der Waals surface area contributed by atoms with Crippen molar-refractivity contribution in [2.24, 2.45) is 0 Å². The summed E-state index contributed by atoms with van der Waals surface area (Å²) in [5.74, 6) is 0. The first-order chi connectivity index (χ1) is 7.16. The van der Waals surface area contributed by atoms with Gasteiger partial charge in [-0.2, -0.15) is 0 Å². The molecule has 1 aliphatic heterocycles. The molecule has 4 nitrogen and oxygen atoms in total. The number of thioether (sulfide) groups is 1. The molecule has 15 heavy (non-hydrogen) atoms. The Labute approximate surface area is 95.3 Å². The summed E-state index contributed by atoms with van der Waals surface area (Å²) in [4.78, 5) is 0.973. The van der Waals surface area contributed by atoms with Crippen molar-refractivity contribution in [1.29, 1.82) is 0 Å². The van der Waals surface area contributed by atoms with Crippen molar-refractivity contribution in [3.8, 4) is 0 Å². The van der Waals surface area contributed by atoms with Crippen molar-refractivity contribution < 1.29 is 8.76 Å². The van der Waals surface area contributed by atoms with Crippen LogP contribution in [-0.4, -0.2) is 20.6 Å². The second-order valence-electron chi connectivity index (χ2n) is 3.33. The Hall–Kier alpha value is -0.720. The van der Waals surface area contributed by atoms with E-state index in [4.69, 9.17) is 0 Å². The quantitative estimate of drug-likeness (QED) is 0.777. The molecule has 1 aromatic carbocycles. The van der Waals surface area contributed by atoms with Gasteiger partial charge in [-0.1, -0.05) is 13.0 Å². The van der Waals surface area contributed by atoms with E-state index >= 15 is 0 Å². The second kappa shape index (κ2) is 4.42. The first-order valence-electron chi connectivity index (χ1n) is 4.56. The van der Waals surface area contributed by atoms with Gasteiger partial charge in [-0.15, -0.1) is 11.8 Å². The van der Waals surface area contributed by atoms with Crippen molar-refractivity contribution in [3.63, 3.8) is 0 Å². The van der Waals surface area contributed by atoms with Gasteiger partial charge in [0.1, 0.15) is 0 Å². The van der Waals surface area contributed by atoms with Crippen LogP contribution in [0, 0.1) is 0 Å². The van der Waals surface area contributed by atoms with Crippen molar-refractivity contribution in [2.75, 3.05) is 16.6 Å². The molecule has 0 saturated carbocycles. The Morgan fingerprint density at radius 3 is 3.20 bits per heavy atom. The zero-order valence-corrected chi connectivity index (χ0v) is 9.78. The molecule has 2 rings (SSSR count). The van der Waals surface area contributed by atoms with E-state index in [-0.39, 0.29) is 0 Å². The monoisotopic (exact) mass is 243 g/mol. The number of hydrogen-bond acceptors (Lipinski definition) is 4. The van der Waals surface area contributed by atoms with Gasteiger partial charge >= 0.3 is 0 Å². The van der Waals surface area contributed by atoms with Crippen LogP contribution in [-0.2, 0) is 11.3 Å². The van der Waals surface area contributed by atoms with Crippen LogP contribution in [0.1, 0.15) is 6.92 Å². The lowest BCUT2D eigenvalue weighted by Gasteiger charge is -2.25. The van der Waals surface area contributed by atoms with E-state index in [0.29, 0.717) is 10.9 Å². The van der Waals surface area contributed by atoms with Gasteiger partial charge in [0.2, 0.25) is 0 Å². The van der Waals surface area contributed by atoms with E-state index in [1.54, 1.807) is 17.8 Å². The van der Waals surface area contributed by atoms with Crippen LogP contribution < -0.4 is 10.0 Å². The van der Waals surface area contributed by atoms with Crippen LogP contribution in [0.5, 0.6) is 0 Å². The van der Waals surface area contributed by atoms with E-state index in [2.05, 4.69) is 17.0 Å². The number of nitrogens with one attached hydrogen (secondary N) is 2. The van der Waals surface area contributed by atoms with Gasteiger partial charge in [-0.25, -0.2) is 0 Å². The Morgan fingerprint density at radius 2 is 2.47 bits per heavy atom. The normalized spacial score (nSPS) is 21.3. The Bertz CT molecular complexity index is 398. The van der Waals surface area contributed by atoms with Crippen molar-refractivity contribution >= 4 is 34.4 Å². The third-order valence-corrected chi connectivity index (χ3v) is 3.74. The van der Waals surface area contributed by atoms with Crippen molar-refractivity contribution in [2.45, 2.75) is 17.1 Å². The summed E-state index contributed by atoms with van der Waals surface area (Å²) in [5, 5.41) is 3.71. The predicted octanol–water partition coefficient (Wildman–Crippen LogP) is 1.80. The van der Waals surface area contributed by atoms with Crippen LogP contribution in [0.3, 0.4) is 0 Å². The SMILES string of the molecule is CC1CNc2cccc(NS(=O)[O-])c2S1. The highest BCUT2D eigenvalue weighted by molar-refractivity contribution is 8.00. The molecule has 1 heterocycles. The molecule has 0 aliphatic carbocycles. The molecule has 0 saturated heterocycles. The van der Waals surface area contributed by atoms with E-state index in [0.717, 1.165) is 17.1 Å². The molecule has 1 aromatic rings. The molecule has 0 amide bonds. The summed E-state index contributed by atoms with van der Waals surface area (Å²) >= 11 is -0.585. The summed E-state index contributed by atoms with van der Waals surface area (Å²) < 4.78 is 23.6. The molecule has 1 aliphatic rings. The summed E-state index contributed by atoms with van der Waals surface area (Å²) in [6, 6.07) is 5.55. The average Bonchev–Trinajstić information content (AvgIpc) is 2.18. The minimum absolute atomic E-state index is 0.445. The molecule has 0 radical (unpaired) electrons. The molecular formula is C9H11N2O2S2-. The van der Waals surface area contributed by atoms with Crippen molar-refractivity contribution in [3.05, 3.63) is 18.2 Å². The maximum atomic E-state index is 10.6. The van der Waals surface area contributed by atoms with Crippen molar-refractivity contribution in [1.82, 2.24) is 0 Å². The Balaban J connectivity index is 2.35. The van der Waals surface area contributed by atoms with Gasteiger partial charge in [-0.3, -0.25) is 4.21 Å². The lowest BCUT2D eigenvalue weighted by Crippen LogP contribution is -2.19. The molecule has 82 valence electrons. The second-order valence-corrected chi connectivity index (χ2v) is 5.45. The first-order valence-corrected chi connectivity index (χ1v) is 6.52. The highest BCUT2D eigenvalue weighted by Crippen LogP contribution is 2.40. The van der Waals surface area contributed by atoms with E-state index in [1.165, 1.54) is 0 Å². The first kappa shape index (κ1) is 10.8. The van der Waals surface area contributed by atoms with E-state index < -0.39 is 11.3 Å². The number of anilines is 2. The molecule has 6 heteroatoms. The fourth-order valence-corrected chi connectivity index (χ4v) is 2.97. The van der Waals surface area contributed by atoms with Crippen LogP contribution in [0.25, 0.3) is 0 Å². The molecule has 2 atom stereocenters. The fraction of sp³-hybridized carbons (Fsp3) is 0.333. The molecule has 0 aromatic heterocycles. The number of hydrogen-bond donors (Lipinski definition) is 2. The Kier molecular flexibility index (Phi) is 3.18. The molecule has 0 fully saturated rings. The largest absolute Gasteiger partial charge is 0.755 e. The lowest BCUT2D eigenvalue weighted by molar-refractivity contribution is 0.542. The lowest BCUT2D eigenvalue weighted by atomic mass is 10.2. The maximum absolute atomic E-state index is 10.6. The fourth-order valence-electron chi connectivity index (χ4n) is 1.47. The van der Waals surface area contributed by atoms with Gasteiger partial charge < -0.3 is 14.6 Å². The highest BCUT2D eigenvalue weighted by Gasteiger charge is 2.17. The molecule has 0 spiro atoms. The molecule has 2 unspecified atom stereocenters. The third kappa shape index (κ3) is 2.45. The maximum Gasteiger partial charge on any atom is 0.0609 e. The molecule has 2 N–H and O–H groups in total. The zero-order valence-electron chi connectivity index (χ0n) is 8.15. The van der Waals surface area contributed by atoms with Gasteiger partial charge in [0, 0.05) is 28.7 Å². The minimum Gasteiger partial charge on any atom is -0.755 e. The van der Waals surface area contributed by atoms with E-state index in [1.807, 2.05) is 12.1 Å². The summed E-state index contributed by atoms with van der Waals surface area (Å²) in [7, 11) is 0. The summed E-state index contributed by atoms with van der Waals surface area (Å²) in [6.45, 7) is 3.01. The van der Waals surface area contributed by atoms with Crippen LogP contribution in [0.4, 0.5) is 11.4 Å². The molecule has 0 bridgehead atoms. The van der Waals surface area contributed by atoms with Gasteiger partial charge in [0.15, 0.2) is 0 Å². The topological polar surface area (TPSA) is 64.2 Å². The van der Waals surface area contributed by atoms with Crippen LogP contribution >= 0.6 is 11.8 Å². The summed E-state index contributed by atoms with van der Waals surface area (Å²) in [5.41, 5.74) is 1.64. The van der Waals surface area contributed by atoms with Crippen LogP contribution in [0.2, 0.25) is 0 Å². The van der Waals surface area contributed by atoms with Crippen LogP contribution in [0.15, 0.2) is 23.1 Å². The standard InChI is InChI=1S/C9H12N2O2S2/c1-6-5-10-7-3-2-4-8(9(7)14-6)11-15(12)13/h2-4,6,10-11H,5H2,1H3,(H,12,13)/p-1.